The van der Waals surface area contributed by atoms with Crippen LogP contribution in [0.15, 0.2) is 48.5 Å². The van der Waals surface area contributed by atoms with Crippen molar-refractivity contribution in [3.63, 3.8) is 0 Å². The molecule has 1 atom stereocenters. The third-order valence-corrected chi connectivity index (χ3v) is 7.27. The maximum Gasteiger partial charge on any atom is 0.242 e. The number of sulfonamides is 1. The van der Waals surface area contributed by atoms with Gasteiger partial charge in [0.1, 0.15) is 6.04 Å². The minimum atomic E-state index is -3.52. The van der Waals surface area contributed by atoms with Crippen LogP contribution in [-0.4, -0.2) is 56.1 Å². The first kappa shape index (κ1) is 29.4. The van der Waals surface area contributed by atoms with E-state index in [-0.39, 0.29) is 24.8 Å². The Balaban J connectivity index is 2.14. The summed E-state index contributed by atoms with van der Waals surface area (Å²) in [6.45, 7) is 11.9. The van der Waals surface area contributed by atoms with Crippen molar-refractivity contribution in [3.05, 3.63) is 65.2 Å². The van der Waals surface area contributed by atoms with Gasteiger partial charge >= 0.3 is 0 Å². The Morgan fingerprint density at radius 3 is 2.17 bits per heavy atom. The summed E-state index contributed by atoms with van der Waals surface area (Å²) in [5, 5.41) is 2.96. The van der Waals surface area contributed by atoms with Crippen molar-refractivity contribution >= 4 is 27.5 Å². The molecule has 0 radical (unpaired) electrons. The predicted molar refractivity (Wildman–Crippen MR) is 147 cm³/mol. The lowest BCUT2D eigenvalue weighted by atomic mass is 10.1. The Morgan fingerprint density at radius 2 is 1.61 bits per heavy atom. The summed E-state index contributed by atoms with van der Waals surface area (Å²) in [6, 6.07) is 14.7. The molecule has 0 saturated carbocycles. The summed E-state index contributed by atoms with van der Waals surface area (Å²) in [4.78, 5) is 27.8. The first-order valence-corrected chi connectivity index (χ1v) is 14.2. The van der Waals surface area contributed by atoms with Crippen molar-refractivity contribution in [2.75, 3.05) is 23.7 Å². The molecule has 7 nitrogen and oxygen atoms in total. The number of aryl methyl sites for hydroxylation is 2. The summed E-state index contributed by atoms with van der Waals surface area (Å²) in [5.74, 6) is -0.382. The van der Waals surface area contributed by atoms with E-state index in [0.717, 1.165) is 16.7 Å². The lowest BCUT2D eigenvalue weighted by Gasteiger charge is -2.32. The van der Waals surface area contributed by atoms with E-state index < -0.39 is 21.6 Å². The summed E-state index contributed by atoms with van der Waals surface area (Å²) >= 11 is 0. The van der Waals surface area contributed by atoms with Crippen LogP contribution in [0.4, 0.5) is 5.69 Å². The van der Waals surface area contributed by atoms with E-state index in [1.165, 1.54) is 10.6 Å². The Morgan fingerprint density at radius 1 is 0.972 bits per heavy atom. The van der Waals surface area contributed by atoms with Crippen LogP contribution in [0.3, 0.4) is 0 Å². The Kier molecular flexibility index (Phi) is 10.1. The highest BCUT2D eigenvalue weighted by Crippen LogP contribution is 2.22. The van der Waals surface area contributed by atoms with Crippen molar-refractivity contribution in [3.8, 4) is 0 Å². The number of nitrogens with one attached hydrogen (secondary N) is 1. The first-order chi connectivity index (χ1) is 16.7. The van der Waals surface area contributed by atoms with Crippen LogP contribution in [0.25, 0.3) is 0 Å². The molecule has 2 rings (SSSR count). The van der Waals surface area contributed by atoms with E-state index in [0.29, 0.717) is 25.1 Å². The van der Waals surface area contributed by atoms with Gasteiger partial charge in [0, 0.05) is 25.0 Å². The molecule has 1 N–H and O–H groups in total. The highest BCUT2D eigenvalue weighted by Gasteiger charge is 2.28. The number of amides is 2. The number of nitrogens with zero attached hydrogens (tertiary/aromatic N) is 2. The smallest absolute Gasteiger partial charge is 0.242 e. The fraction of sp³-hybridized carbons (Fsp3) is 0.500. The molecule has 1 unspecified atom stereocenters. The van der Waals surface area contributed by atoms with Gasteiger partial charge in [0.15, 0.2) is 0 Å². The minimum absolute atomic E-state index is 0.138. The lowest BCUT2D eigenvalue weighted by Crippen LogP contribution is -2.53. The van der Waals surface area contributed by atoms with E-state index in [2.05, 4.69) is 5.32 Å². The molecule has 0 bridgehead atoms. The molecule has 36 heavy (non-hydrogen) atoms. The van der Waals surface area contributed by atoms with E-state index in [4.69, 9.17) is 0 Å². The number of carbonyl (C=O) groups excluding carboxylic acids is 2. The maximum absolute atomic E-state index is 13.3. The summed E-state index contributed by atoms with van der Waals surface area (Å²) in [6.07, 6.45) is 2.28. The van der Waals surface area contributed by atoms with Crippen LogP contribution in [0.5, 0.6) is 0 Å². The average molecular weight is 516 g/mol. The SMILES string of the molecule is Cc1ccc(N(CCCC(=O)N(CCc2ccccc2)C(C)C(=O)NC(C)(C)C)S(C)(=O)=O)cc1C. The van der Waals surface area contributed by atoms with Gasteiger partial charge in [-0.15, -0.1) is 0 Å². The van der Waals surface area contributed by atoms with Gasteiger partial charge in [0.05, 0.1) is 11.9 Å². The van der Waals surface area contributed by atoms with Gasteiger partial charge in [-0.3, -0.25) is 13.9 Å². The van der Waals surface area contributed by atoms with Crippen LogP contribution in [0, 0.1) is 13.8 Å². The second-order valence-electron chi connectivity index (χ2n) is 10.4. The molecule has 0 aliphatic rings. The fourth-order valence-corrected chi connectivity index (χ4v) is 4.89. The van der Waals surface area contributed by atoms with Crippen molar-refractivity contribution in [2.45, 2.75) is 72.4 Å². The molecule has 2 aromatic carbocycles. The zero-order chi connectivity index (χ0) is 27.1. The fourth-order valence-electron chi connectivity index (χ4n) is 3.93. The van der Waals surface area contributed by atoms with E-state index in [1.807, 2.05) is 77.1 Å². The molecule has 2 aromatic rings. The Bertz CT molecular complexity index is 1140. The molecule has 0 aliphatic heterocycles. The van der Waals surface area contributed by atoms with Crippen LogP contribution >= 0.6 is 0 Å². The molecule has 0 aromatic heterocycles. The molecule has 0 heterocycles. The molecule has 0 spiro atoms. The van der Waals surface area contributed by atoms with Crippen molar-refractivity contribution in [1.29, 1.82) is 0 Å². The summed E-state index contributed by atoms with van der Waals surface area (Å²) < 4.78 is 26.4. The summed E-state index contributed by atoms with van der Waals surface area (Å²) in [7, 11) is -3.52. The minimum Gasteiger partial charge on any atom is -0.350 e. The molecular weight excluding hydrogens is 474 g/mol. The van der Waals surface area contributed by atoms with Gasteiger partial charge in [-0.05, 0) is 83.2 Å². The number of hydrogen-bond donors (Lipinski definition) is 1. The molecule has 0 saturated heterocycles. The molecule has 2 amide bonds. The molecular formula is C28H41N3O4S. The quantitative estimate of drug-likeness (QED) is 0.485. The molecule has 0 aliphatic carbocycles. The number of rotatable bonds is 11. The normalized spacial score (nSPS) is 12.6. The van der Waals surface area contributed by atoms with Crippen molar-refractivity contribution < 1.29 is 18.0 Å². The number of anilines is 1. The number of benzene rings is 2. The zero-order valence-electron chi connectivity index (χ0n) is 22.7. The van der Waals surface area contributed by atoms with E-state index in [1.54, 1.807) is 17.9 Å². The van der Waals surface area contributed by atoms with E-state index >= 15 is 0 Å². The third kappa shape index (κ3) is 8.97. The highest BCUT2D eigenvalue weighted by atomic mass is 32.2. The van der Waals surface area contributed by atoms with Gasteiger partial charge in [0.2, 0.25) is 21.8 Å². The topological polar surface area (TPSA) is 86.8 Å². The maximum atomic E-state index is 13.3. The number of carbonyl (C=O) groups is 2. The van der Waals surface area contributed by atoms with Gasteiger partial charge in [0.25, 0.3) is 0 Å². The average Bonchev–Trinajstić information content (AvgIpc) is 2.77. The second-order valence-corrected chi connectivity index (χ2v) is 12.4. The number of hydrogen-bond acceptors (Lipinski definition) is 4. The Labute approximate surface area is 216 Å². The van der Waals surface area contributed by atoms with Gasteiger partial charge in [-0.2, -0.15) is 0 Å². The molecule has 0 fully saturated rings. The van der Waals surface area contributed by atoms with E-state index in [9.17, 15) is 18.0 Å². The predicted octanol–water partition coefficient (Wildman–Crippen LogP) is 4.22. The largest absolute Gasteiger partial charge is 0.350 e. The second kappa shape index (κ2) is 12.4. The van der Waals surface area contributed by atoms with Crippen LogP contribution in [0.2, 0.25) is 0 Å². The standard InChI is InChI=1S/C28H41N3O4S/c1-21-15-16-25(20-22(21)2)31(36(7,34)35)18-11-14-26(32)30(19-17-24-12-9-8-10-13-24)23(3)27(33)29-28(4,5)6/h8-10,12-13,15-16,20,23H,11,14,17-19H2,1-7H3,(H,29,33). The van der Waals surface area contributed by atoms with Gasteiger partial charge in [-0.1, -0.05) is 36.4 Å². The molecule has 8 heteroatoms. The van der Waals surface area contributed by atoms with Gasteiger partial charge < -0.3 is 10.2 Å². The van der Waals surface area contributed by atoms with Crippen molar-refractivity contribution in [2.24, 2.45) is 0 Å². The monoisotopic (exact) mass is 515 g/mol. The third-order valence-electron chi connectivity index (χ3n) is 6.08. The first-order valence-electron chi connectivity index (χ1n) is 12.4. The Hall–Kier alpha value is -2.87. The van der Waals surface area contributed by atoms with Crippen LogP contribution in [-0.2, 0) is 26.0 Å². The summed E-state index contributed by atoms with van der Waals surface area (Å²) in [5.41, 5.74) is 3.34. The highest BCUT2D eigenvalue weighted by molar-refractivity contribution is 7.92. The zero-order valence-corrected chi connectivity index (χ0v) is 23.5. The van der Waals surface area contributed by atoms with Crippen LogP contribution in [0.1, 0.15) is 57.2 Å². The molecule has 198 valence electrons. The van der Waals surface area contributed by atoms with Crippen molar-refractivity contribution in [1.82, 2.24) is 10.2 Å². The van der Waals surface area contributed by atoms with Crippen LogP contribution < -0.4 is 9.62 Å². The van der Waals surface area contributed by atoms with Gasteiger partial charge in [-0.25, -0.2) is 8.42 Å². The lowest BCUT2D eigenvalue weighted by molar-refractivity contribution is -0.140.